The first kappa shape index (κ1) is 20.1. The van der Waals surface area contributed by atoms with Gasteiger partial charge in [-0.25, -0.2) is 14.4 Å². The summed E-state index contributed by atoms with van der Waals surface area (Å²) in [5.74, 6) is 1.77. The maximum atomic E-state index is 14.5. The average Bonchev–Trinajstić information content (AvgIpc) is 3.25. The second-order valence-corrected chi connectivity index (χ2v) is 7.54. The van der Waals surface area contributed by atoms with Gasteiger partial charge in [-0.3, -0.25) is 4.57 Å². The summed E-state index contributed by atoms with van der Waals surface area (Å²) in [5.41, 5.74) is 2.95. The predicted molar refractivity (Wildman–Crippen MR) is 119 cm³/mol. The van der Waals surface area contributed by atoms with Crippen LogP contribution in [0.3, 0.4) is 0 Å². The Balaban J connectivity index is 1.42. The number of imidazole rings is 1. The maximum absolute atomic E-state index is 14.5. The molecule has 1 aliphatic rings. The highest BCUT2D eigenvalue weighted by Gasteiger charge is 2.18. The molecule has 0 fully saturated rings. The molecule has 1 aliphatic heterocycles. The third-order valence-corrected chi connectivity index (χ3v) is 5.27. The minimum Gasteiger partial charge on any atom is -0.495 e. The number of anilines is 4. The minimum atomic E-state index is -0.586. The molecule has 2 aromatic carbocycles. The standard InChI is InChI=1S/C22H18ClFN6O2/c1-12-7-14(8-15(23)20(12)31-2)28-22-26-10-16(24)21(29-22)27-13-3-4-18-17(9-13)30-6-5-25-19(30)11-32-18/h3-10H,11H2,1-2H3,(H2,26,27,28,29). The van der Waals surface area contributed by atoms with E-state index in [1.54, 1.807) is 25.4 Å². The van der Waals surface area contributed by atoms with Crippen LogP contribution in [0.15, 0.2) is 48.9 Å². The second-order valence-electron chi connectivity index (χ2n) is 7.13. The molecule has 4 aromatic rings. The lowest BCUT2D eigenvalue weighted by Crippen LogP contribution is -2.13. The Kier molecular flexibility index (Phi) is 5.02. The summed E-state index contributed by atoms with van der Waals surface area (Å²) < 4.78 is 27.4. The molecule has 162 valence electrons. The van der Waals surface area contributed by atoms with E-state index in [9.17, 15) is 4.39 Å². The van der Waals surface area contributed by atoms with Gasteiger partial charge in [-0.15, -0.1) is 0 Å². The normalized spacial score (nSPS) is 11.9. The fourth-order valence-electron chi connectivity index (χ4n) is 3.55. The van der Waals surface area contributed by atoms with E-state index < -0.39 is 5.82 Å². The van der Waals surface area contributed by atoms with Crippen LogP contribution in [0.2, 0.25) is 5.02 Å². The molecule has 3 heterocycles. The van der Waals surface area contributed by atoms with Gasteiger partial charge in [0.25, 0.3) is 0 Å². The minimum absolute atomic E-state index is 0.0290. The summed E-state index contributed by atoms with van der Waals surface area (Å²) in [6.45, 7) is 2.27. The van der Waals surface area contributed by atoms with Crippen molar-refractivity contribution in [1.82, 2.24) is 19.5 Å². The molecule has 0 aliphatic carbocycles. The van der Waals surface area contributed by atoms with Crippen LogP contribution < -0.4 is 20.1 Å². The van der Waals surface area contributed by atoms with Gasteiger partial charge in [0.1, 0.15) is 18.1 Å². The lowest BCUT2D eigenvalue weighted by molar-refractivity contribution is 0.280. The van der Waals surface area contributed by atoms with Crippen molar-refractivity contribution in [3.63, 3.8) is 0 Å². The monoisotopic (exact) mass is 452 g/mol. The Morgan fingerprint density at radius 1 is 1.16 bits per heavy atom. The van der Waals surface area contributed by atoms with Crippen molar-refractivity contribution < 1.29 is 13.9 Å². The van der Waals surface area contributed by atoms with E-state index in [1.165, 1.54) is 0 Å². The number of aromatic nitrogens is 4. The van der Waals surface area contributed by atoms with Crippen LogP contribution in [0.4, 0.5) is 27.5 Å². The molecule has 10 heteroatoms. The smallest absolute Gasteiger partial charge is 0.229 e. The molecule has 5 rings (SSSR count). The highest BCUT2D eigenvalue weighted by Crippen LogP contribution is 2.34. The molecule has 0 spiro atoms. The van der Waals surface area contributed by atoms with E-state index in [0.29, 0.717) is 28.8 Å². The Morgan fingerprint density at radius 3 is 2.84 bits per heavy atom. The number of nitrogens with one attached hydrogen (secondary N) is 2. The van der Waals surface area contributed by atoms with E-state index in [1.807, 2.05) is 35.9 Å². The van der Waals surface area contributed by atoms with Crippen molar-refractivity contribution in [1.29, 1.82) is 0 Å². The molecule has 2 aromatic heterocycles. The third kappa shape index (κ3) is 3.67. The van der Waals surface area contributed by atoms with Gasteiger partial charge in [0, 0.05) is 23.8 Å². The van der Waals surface area contributed by atoms with E-state index in [-0.39, 0.29) is 11.8 Å². The summed E-state index contributed by atoms with van der Waals surface area (Å²) in [7, 11) is 1.56. The molecule has 0 saturated heterocycles. The van der Waals surface area contributed by atoms with Gasteiger partial charge in [0.2, 0.25) is 5.95 Å². The number of aryl methyl sites for hydroxylation is 1. The van der Waals surface area contributed by atoms with Crippen molar-refractivity contribution in [3.8, 4) is 17.2 Å². The summed E-state index contributed by atoms with van der Waals surface area (Å²) in [6.07, 6.45) is 4.67. The third-order valence-electron chi connectivity index (χ3n) is 4.99. The van der Waals surface area contributed by atoms with E-state index >= 15 is 0 Å². The number of benzene rings is 2. The van der Waals surface area contributed by atoms with Crippen LogP contribution in [0.25, 0.3) is 5.69 Å². The van der Waals surface area contributed by atoms with Crippen LogP contribution in [0.5, 0.6) is 11.5 Å². The van der Waals surface area contributed by atoms with Crippen LogP contribution in [0, 0.1) is 12.7 Å². The summed E-state index contributed by atoms with van der Waals surface area (Å²) in [6, 6.07) is 9.00. The molecule has 2 N–H and O–H groups in total. The average molecular weight is 453 g/mol. The number of fused-ring (bicyclic) bond motifs is 3. The zero-order valence-electron chi connectivity index (χ0n) is 17.2. The molecule has 0 saturated carbocycles. The van der Waals surface area contributed by atoms with Crippen LogP contribution in [-0.2, 0) is 6.61 Å². The lowest BCUT2D eigenvalue weighted by Gasteiger charge is -2.20. The lowest BCUT2D eigenvalue weighted by atomic mass is 10.2. The largest absolute Gasteiger partial charge is 0.495 e. The second kappa shape index (κ2) is 8.01. The van der Waals surface area contributed by atoms with Gasteiger partial charge in [-0.05, 0) is 42.8 Å². The van der Waals surface area contributed by atoms with E-state index in [2.05, 4.69) is 25.6 Å². The molecule has 32 heavy (non-hydrogen) atoms. The van der Waals surface area contributed by atoms with Crippen molar-refractivity contribution in [2.75, 3.05) is 17.7 Å². The molecular formula is C22H18ClFN6O2. The van der Waals surface area contributed by atoms with Crippen LogP contribution in [-0.4, -0.2) is 26.6 Å². The molecule has 0 atom stereocenters. The van der Waals surface area contributed by atoms with Crippen molar-refractivity contribution in [2.45, 2.75) is 13.5 Å². The first-order valence-electron chi connectivity index (χ1n) is 9.72. The predicted octanol–water partition coefficient (Wildman–Crippen LogP) is 5.15. The Bertz CT molecular complexity index is 1300. The number of hydrogen-bond acceptors (Lipinski definition) is 7. The van der Waals surface area contributed by atoms with Gasteiger partial charge in [0.15, 0.2) is 17.5 Å². The van der Waals surface area contributed by atoms with Gasteiger partial charge in [-0.1, -0.05) is 11.6 Å². The van der Waals surface area contributed by atoms with E-state index in [4.69, 9.17) is 21.1 Å². The first-order chi connectivity index (χ1) is 15.5. The number of rotatable bonds is 5. The Labute approximate surface area is 188 Å². The highest BCUT2D eigenvalue weighted by molar-refractivity contribution is 6.32. The highest BCUT2D eigenvalue weighted by atomic mass is 35.5. The Morgan fingerprint density at radius 2 is 2.03 bits per heavy atom. The number of methoxy groups -OCH3 is 1. The number of nitrogens with zero attached hydrogens (tertiary/aromatic N) is 4. The van der Waals surface area contributed by atoms with E-state index in [0.717, 1.165) is 29.0 Å². The molecule has 8 nitrogen and oxygen atoms in total. The van der Waals surface area contributed by atoms with Gasteiger partial charge < -0.3 is 20.1 Å². The fourth-order valence-corrected chi connectivity index (χ4v) is 3.89. The van der Waals surface area contributed by atoms with Crippen LogP contribution >= 0.6 is 11.6 Å². The fraction of sp³-hybridized carbons (Fsp3) is 0.136. The molecule has 0 amide bonds. The Hall–Kier alpha value is -3.85. The van der Waals surface area contributed by atoms with Crippen molar-refractivity contribution in [2.24, 2.45) is 0 Å². The number of ether oxygens (including phenoxy) is 2. The zero-order valence-corrected chi connectivity index (χ0v) is 17.9. The number of halogens is 2. The van der Waals surface area contributed by atoms with Gasteiger partial charge >= 0.3 is 0 Å². The molecular weight excluding hydrogens is 435 g/mol. The van der Waals surface area contributed by atoms with Crippen LogP contribution in [0.1, 0.15) is 11.4 Å². The molecule has 0 radical (unpaired) electrons. The molecule has 0 unspecified atom stereocenters. The maximum Gasteiger partial charge on any atom is 0.229 e. The van der Waals surface area contributed by atoms with Crippen molar-refractivity contribution >= 4 is 34.7 Å². The van der Waals surface area contributed by atoms with Gasteiger partial charge in [-0.2, -0.15) is 4.98 Å². The number of hydrogen-bond donors (Lipinski definition) is 2. The topological polar surface area (TPSA) is 86.1 Å². The summed E-state index contributed by atoms with van der Waals surface area (Å²) in [4.78, 5) is 12.6. The zero-order chi connectivity index (χ0) is 22.2. The quantitative estimate of drug-likeness (QED) is 0.433. The summed E-state index contributed by atoms with van der Waals surface area (Å²) >= 11 is 6.26. The first-order valence-corrected chi connectivity index (χ1v) is 10.1. The van der Waals surface area contributed by atoms with Gasteiger partial charge in [0.05, 0.1) is 24.0 Å². The molecule has 0 bridgehead atoms. The SMILES string of the molecule is COc1c(C)cc(Nc2ncc(F)c(Nc3ccc4c(c3)-n3ccnc3CO4)n2)cc1Cl. The van der Waals surface area contributed by atoms with Crippen molar-refractivity contribution in [3.05, 3.63) is 71.2 Å². The summed E-state index contributed by atoms with van der Waals surface area (Å²) in [5, 5.41) is 6.51.